The summed E-state index contributed by atoms with van der Waals surface area (Å²) in [7, 11) is 0. The zero-order valence-electron chi connectivity index (χ0n) is 17.0. The minimum Gasteiger partial charge on any atom is -0.306 e. The van der Waals surface area contributed by atoms with Crippen molar-refractivity contribution in [3.8, 4) is 16.9 Å². The van der Waals surface area contributed by atoms with Gasteiger partial charge in [0.05, 0.1) is 29.3 Å². The van der Waals surface area contributed by atoms with Gasteiger partial charge in [-0.2, -0.15) is 5.10 Å². The molecule has 0 aliphatic carbocycles. The molecule has 32 heavy (non-hydrogen) atoms. The fourth-order valence-electron chi connectivity index (χ4n) is 3.40. The molecule has 7 heteroatoms. The van der Waals surface area contributed by atoms with Crippen molar-refractivity contribution in [2.75, 3.05) is 0 Å². The highest BCUT2D eigenvalue weighted by Gasteiger charge is 2.13. The number of amides is 1. The molecule has 0 aliphatic rings. The van der Waals surface area contributed by atoms with Gasteiger partial charge in [0.2, 0.25) is 0 Å². The zero-order chi connectivity index (χ0) is 21.8. The van der Waals surface area contributed by atoms with Crippen molar-refractivity contribution >= 4 is 23.0 Å². The van der Waals surface area contributed by atoms with E-state index in [0.717, 1.165) is 27.7 Å². The van der Waals surface area contributed by atoms with E-state index < -0.39 is 0 Å². The van der Waals surface area contributed by atoms with Gasteiger partial charge in [-0.25, -0.2) is 15.4 Å². The first-order valence-electron chi connectivity index (χ1n) is 10.00. The summed E-state index contributed by atoms with van der Waals surface area (Å²) in [5.41, 5.74) is 7.34. The lowest BCUT2D eigenvalue weighted by atomic mass is 10.0. The van der Waals surface area contributed by atoms with Crippen molar-refractivity contribution in [3.05, 3.63) is 109 Å². The molecule has 154 valence electrons. The predicted molar refractivity (Wildman–Crippen MR) is 124 cm³/mol. The van der Waals surface area contributed by atoms with Gasteiger partial charge in [-0.3, -0.25) is 9.78 Å². The Hall–Kier alpha value is -4.65. The second-order valence-electron chi connectivity index (χ2n) is 7.07. The molecule has 0 bridgehead atoms. The predicted octanol–water partition coefficient (Wildman–Crippen LogP) is 4.25. The molecule has 0 atom stereocenters. The molecule has 2 aromatic carbocycles. The van der Waals surface area contributed by atoms with E-state index in [4.69, 9.17) is 4.98 Å². The Morgan fingerprint density at radius 3 is 2.53 bits per heavy atom. The van der Waals surface area contributed by atoms with Crippen LogP contribution in [0.5, 0.6) is 0 Å². The highest BCUT2D eigenvalue weighted by atomic mass is 16.2. The van der Waals surface area contributed by atoms with Gasteiger partial charge in [0, 0.05) is 41.4 Å². The van der Waals surface area contributed by atoms with Crippen molar-refractivity contribution < 1.29 is 4.79 Å². The number of hydrazone groups is 1. The monoisotopic (exact) mass is 418 g/mol. The molecule has 5 aromatic rings. The fraction of sp³-hybridized carbons (Fsp3) is 0. The van der Waals surface area contributed by atoms with Crippen LogP contribution in [0.4, 0.5) is 0 Å². The van der Waals surface area contributed by atoms with Crippen LogP contribution in [0.1, 0.15) is 15.9 Å². The van der Waals surface area contributed by atoms with Crippen LogP contribution in [0.25, 0.3) is 27.8 Å². The Morgan fingerprint density at radius 2 is 1.75 bits per heavy atom. The fourth-order valence-corrected chi connectivity index (χ4v) is 3.40. The summed E-state index contributed by atoms with van der Waals surface area (Å²) < 4.78 is 1.91. The third-order valence-corrected chi connectivity index (χ3v) is 5.01. The molecule has 0 fully saturated rings. The summed E-state index contributed by atoms with van der Waals surface area (Å²) in [4.78, 5) is 25.8. The molecule has 7 nitrogen and oxygen atoms in total. The van der Waals surface area contributed by atoms with E-state index in [1.165, 1.54) is 0 Å². The smallest absolute Gasteiger partial charge is 0.272 e. The van der Waals surface area contributed by atoms with Gasteiger partial charge >= 0.3 is 0 Å². The maximum Gasteiger partial charge on any atom is 0.272 e. The lowest BCUT2D eigenvalue weighted by Crippen LogP contribution is -2.18. The number of imidazole rings is 1. The van der Waals surface area contributed by atoms with Gasteiger partial charge in [-0.15, -0.1) is 0 Å². The van der Waals surface area contributed by atoms with Crippen LogP contribution in [-0.4, -0.2) is 31.6 Å². The molecule has 0 aliphatic heterocycles. The van der Waals surface area contributed by atoms with Crippen LogP contribution < -0.4 is 5.43 Å². The van der Waals surface area contributed by atoms with Crippen LogP contribution in [0.15, 0.2) is 103 Å². The van der Waals surface area contributed by atoms with Crippen LogP contribution in [-0.2, 0) is 0 Å². The molecule has 0 spiro atoms. The molecule has 0 unspecified atom stereocenters. The maximum atomic E-state index is 13.0. The summed E-state index contributed by atoms with van der Waals surface area (Å²) in [5.74, 6) is -0.301. The van der Waals surface area contributed by atoms with Gasteiger partial charge < -0.3 is 4.57 Å². The molecular weight excluding hydrogens is 400 g/mol. The van der Waals surface area contributed by atoms with Crippen LogP contribution >= 0.6 is 0 Å². The summed E-state index contributed by atoms with van der Waals surface area (Å²) in [6.07, 6.45) is 10.4. The number of carbonyl (C=O) groups excluding carboxylic acids is 1. The first-order valence-corrected chi connectivity index (χ1v) is 10.00. The van der Waals surface area contributed by atoms with Crippen LogP contribution in [0, 0.1) is 0 Å². The van der Waals surface area contributed by atoms with Crippen molar-refractivity contribution in [1.29, 1.82) is 0 Å². The number of carbonyl (C=O) groups is 1. The first kappa shape index (κ1) is 19.3. The summed E-state index contributed by atoms with van der Waals surface area (Å²) in [6.45, 7) is 0. The van der Waals surface area contributed by atoms with Gasteiger partial charge in [0.15, 0.2) is 0 Å². The molecule has 3 aromatic heterocycles. The van der Waals surface area contributed by atoms with Gasteiger partial charge in [0.25, 0.3) is 5.91 Å². The second kappa shape index (κ2) is 8.61. The van der Waals surface area contributed by atoms with Crippen LogP contribution in [0.3, 0.4) is 0 Å². The molecule has 0 saturated carbocycles. The number of aromatic nitrogens is 4. The third kappa shape index (κ3) is 3.99. The number of rotatable bonds is 5. The molecule has 1 N–H and O–H groups in total. The normalized spacial score (nSPS) is 11.1. The quantitative estimate of drug-likeness (QED) is 0.342. The molecular formula is C25H18N6O. The minimum atomic E-state index is -0.301. The number of fused-ring (bicyclic) bond motifs is 1. The molecule has 1 amide bonds. The molecule has 0 saturated heterocycles. The zero-order valence-corrected chi connectivity index (χ0v) is 17.0. The van der Waals surface area contributed by atoms with Crippen LogP contribution in [0.2, 0.25) is 0 Å². The second-order valence-corrected chi connectivity index (χ2v) is 7.07. The Bertz CT molecular complexity index is 1390. The SMILES string of the molecule is O=C(N/N=C/c1ccc(-n2ccnc2)cc1)c1cc(-c2ccncc2)nc2ccccc12. The Morgan fingerprint density at radius 1 is 0.938 bits per heavy atom. The largest absolute Gasteiger partial charge is 0.306 e. The van der Waals surface area contributed by atoms with E-state index >= 15 is 0 Å². The number of pyridine rings is 2. The topological polar surface area (TPSA) is 85.1 Å². The van der Waals surface area contributed by atoms with E-state index in [1.54, 1.807) is 37.2 Å². The summed E-state index contributed by atoms with van der Waals surface area (Å²) in [5, 5.41) is 4.91. The Balaban J connectivity index is 1.39. The Kier molecular flexibility index (Phi) is 5.20. The number of hydrogen-bond acceptors (Lipinski definition) is 5. The highest BCUT2D eigenvalue weighted by Crippen LogP contribution is 2.24. The van der Waals surface area contributed by atoms with E-state index in [-0.39, 0.29) is 5.91 Å². The lowest BCUT2D eigenvalue weighted by Gasteiger charge is -2.09. The minimum absolute atomic E-state index is 0.301. The van der Waals surface area contributed by atoms with Crippen molar-refractivity contribution in [2.45, 2.75) is 0 Å². The maximum absolute atomic E-state index is 13.0. The van der Waals surface area contributed by atoms with Crippen molar-refractivity contribution in [2.24, 2.45) is 5.10 Å². The number of para-hydroxylation sites is 1. The van der Waals surface area contributed by atoms with E-state index in [1.807, 2.05) is 71.4 Å². The van der Waals surface area contributed by atoms with Crippen molar-refractivity contribution in [3.63, 3.8) is 0 Å². The van der Waals surface area contributed by atoms with E-state index in [0.29, 0.717) is 11.3 Å². The third-order valence-electron chi connectivity index (χ3n) is 5.01. The standard InChI is InChI=1S/C25H18N6O/c32-25(30-28-16-18-5-7-20(8-6-18)31-14-13-27-17-31)22-15-24(19-9-11-26-12-10-19)29-23-4-2-1-3-21(22)23/h1-17H,(H,30,32)/b28-16+. The van der Waals surface area contributed by atoms with Gasteiger partial charge in [-0.1, -0.05) is 30.3 Å². The van der Waals surface area contributed by atoms with E-state index in [2.05, 4.69) is 20.5 Å². The lowest BCUT2D eigenvalue weighted by molar-refractivity contribution is 0.0956. The highest BCUT2D eigenvalue weighted by molar-refractivity contribution is 6.07. The number of hydrogen-bond donors (Lipinski definition) is 1. The first-order chi connectivity index (χ1) is 15.8. The Labute approximate surface area is 184 Å². The average molecular weight is 418 g/mol. The van der Waals surface area contributed by atoms with Crippen molar-refractivity contribution in [1.82, 2.24) is 24.9 Å². The number of nitrogens with one attached hydrogen (secondary N) is 1. The molecule has 0 radical (unpaired) electrons. The molecule has 3 heterocycles. The number of benzene rings is 2. The summed E-state index contributed by atoms with van der Waals surface area (Å²) in [6, 6.07) is 20.8. The van der Waals surface area contributed by atoms with Gasteiger partial charge in [-0.05, 0) is 42.0 Å². The average Bonchev–Trinajstić information content (AvgIpc) is 3.39. The van der Waals surface area contributed by atoms with Gasteiger partial charge in [0.1, 0.15) is 0 Å². The number of nitrogens with zero attached hydrogens (tertiary/aromatic N) is 5. The summed E-state index contributed by atoms with van der Waals surface area (Å²) >= 11 is 0. The molecule has 5 rings (SSSR count). The van der Waals surface area contributed by atoms with E-state index in [9.17, 15) is 4.79 Å².